The molecule has 2 fully saturated rings. The summed E-state index contributed by atoms with van der Waals surface area (Å²) >= 11 is 5.97. The van der Waals surface area contributed by atoms with Gasteiger partial charge in [0.05, 0.1) is 0 Å². The van der Waals surface area contributed by atoms with Crippen molar-refractivity contribution in [3.63, 3.8) is 0 Å². The summed E-state index contributed by atoms with van der Waals surface area (Å²) in [5, 5.41) is 8.25. The number of halogens is 1. The molecule has 4 rings (SSSR count). The summed E-state index contributed by atoms with van der Waals surface area (Å²) in [7, 11) is 0. The van der Waals surface area contributed by atoms with Crippen LogP contribution in [-0.2, 0) is 6.54 Å². The minimum Gasteiger partial charge on any atom is -0.337 e. The van der Waals surface area contributed by atoms with Crippen LogP contribution in [0, 0.1) is 18.8 Å². The largest absolute Gasteiger partial charge is 0.337 e. The molecule has 1 amide bonds. The summed E-state index contributed by atoms with van der Waals surface area (Å²) < 4.78 is 4.67. The number of piperidine rings is 1. The molecule has 0 saturated carbocycles. The van der Waals surface area contributed by atoms with Crippen molar-refractivity contribution in [3.8, 4) is 0 Å². The SMILES string of the molecule is Cc1nonc1C(=O)N1CCC(C2CCN(Cc3ccc(Cl)cc3)C2)CC1. The van der Waals surface area contributed by atoms with Crippen LogP contribution in [0.1, 0.15) is 41.0 Å². The van der Waals surface area contributed by atoms with Crippen molar-refractivity contribution in [1.29, 1.82) is 0 Å². The highest BCUT2D eigenvalue weighted by atomic mass is 35.5. The predicted octanol–water partition coefficient (Wildman–Crippen LogP) is 3.41. The first-order valence-electron chi connectivity index (χ1n) is 9.65. The van der Waals surface area contributed by atoms with Crippen LogP contribution in [0.3, 0.4) is 0 Å². The highest BCUT2D eigenvalue weighted by molar-refractivity contribution is 6.30. The van der Waals surface area contributed by atoms with E-state index in [-0.39, 0.29) is 5.91 Å². The van der Waals surface area contributed by atoms with Gasteiger partial charge < -0.3 is 4.90 Å². The topological polar surface area (TPSA) is 62.5 Å². The lowest BCUT2D eigenvalue weighted by molar-refractivity contribution is 0.0647. The maximum atomic E-state index is 12.5. The lowest BCUT2D eigenvalue weighted by Crippen LogP contribution is -2.40. The molecule has 27 heavy (non-hydrogen) atoms. The van der Waals surface area contributed by atoms with Gasteiger partial charge in [0.1, 0.15) is 5.69 Å². The van der Waals surface area contributed by atoms with Crippen molar-refractivity contribution in [2.75, 3.05) is 26.2 Å². The molecule has 2 saturated heterocycles. The third-order valence-corrected chi connectivity index (χ3v) is 6.23. The Balaban J connectivity index is 1.27. The third kappa shape index (κ3) is 4.17. The average molecular weight is 389 g/mol. The van der Waals surface area contributed by atoms with Crippen LogP contribution in [0.25, 0.3) is 0 Å². The van der Waals surface area contributed by atoms with Gasteiger partial charge in [-0.1, -0.05) is 28.9 Å². The summed E-state index contributed by atoms with van der Waals surface area (Å²) in [4.78, 5) is 17.0. The Morgan fingerprint density at radius 2 is 1.81 bits per heavy atom. The fourth-order valence-electron chi connectivity index (χ4n) is 4.39. The fraction of sp³-hybridized carbons (Fsp3) is 0.550. The molecule has 0 aliphatic carbocycles. The summed E-state index contributed by atoms with van der Waals surface area (Å²) in [6, 6.07) is 8.15. The van der Waals surface area contributed by atoms with E-state index in [9.17, 15) is 4.79 Å². The standard InChI is InChI=1S/C20H25ClN4O2/c1-14-19(23-27-22-14)20(26)25-10-7-16(8-11-25)17-6-9-24(13-17)12-15-2-4-18(21)5-3-15/h2-5,16-17H,6-13H2,1H3. The number of carbonyl (C=O) groups excluding carboxylic acids is 1. The van der Waals surface area contributed by atoms with Crippen LogP contribution in [0.5, 0.6) is 0 Å². The van der Waals surface area contributed by atoms with Gasteiger partial charge in [0.2, 0.25) is 0 Å². The summed E-state index contributed by atoms with van der Waals surface area (Å²) in [5.74, 6) is 1.37. The van der Waals surface area contributed by atoms with E-state index < -0.39 is 0 Å². The number of aromatic nitrogens is 2. The van der Waals surface area contributed by atoms with Gasteiger partial charge in [-0.15, -0.1) is 0 Å². The number of amides is 1. The van der Waals surface area contributed by atoms with E-state index in [4.69, 9.17) is 11.6 Å². The van der Waals surface area contributed by atoms with Crippen molar-refractivity contribution in [2.24, 2.45) is 11.8 Å². The van der Waals surface area contributed by atoms with Gasteiger partial charge in [-0.05, 0) is 67.4 Å². The normalized spacial score (nSPS) is 21.7. The number of nitrogens with zero attached hydrogens (tertiary/aromatic N) is 4. The lowest BCUT2D eigenvalue weighted by Gasteiger charge is -2.34. The molecule has 1 unspecified atom stereocenters. The molecule has 0 N–H and O–H groups in total. The van der Waals surface area contributed by atoms with Gasteiger partial charge in [-0.25, -0.2) is 4.63 Å². The molecule has 0 bridgehead atoms. The van der Waals surface area contributed by atoms with E-state index in [1.165, 1.54) is 12.0 Å². The van der Waals surface area contributed by atoms with E-state index in [1.54, 1.807) is 6.92 Å². The van der Waals surface area contributed by atoms with E-state index in [1.807, 2.05) is 17.0 Å². The highest BCUT2D eigenvalue weighted by Crippen LogP contribution is 2.33. The van der Waals surface area contributed by atoms with Crippen molar-refractivity contribution in [2.45, 2.75) is 32.7 Å². The third-order valence-electron chi connectivity index (χ3n) is 5.98. The zero-order valence-electron chi connectivity index (χ0n) is 15.6. The molecular formula is C20H25ClN4O2. The Kier molecular flexibility index (Phi) is 5.45. The van der Waals surface area contributed by atoms with E-state index in [0.29, 0.717) is 17.3 Å². The lowest BCUT2D eigenvalue weighted by atomic mass is 9.83. The number of benzene rings is 1. The maximum Gasteiger partial charge on any atom is 0.278 e. The molecule has 6 nitrogen and oxygen atoms in total. The van der Waals surface area contributed by atoms with Crippen LogP contribution in [0.15, 0.2) is 28.9 Å². The first-order valence-corrected chi connectivity index (χ1v) is 10.0. The summed E-state index contributed by atoms with van der Waals surface area (Å²) in [6.45, 7) is 6.63. The molecule has 0 spiro atoms. The molecule has 1 aromatic heterocycles. The average Bonchev–Trinajstić information content (AvgIpc) is 3.32. The van der Waals surface area contributed by atoms with Gasteiger partial charge >= 0.3 is 0 Å². The molecule has 2 aromatic rings. The van der Waals surface area contributed by atoms with E-state index in [0.717, 1.165) is 56.5 Å². The first-order chi connectivity index (χ1) is 13.1. The second kappa shape index (κ2) is 7.98. The predicted molar refractivity (Wildman–Crippen MR) is 102 cm³/mol. The van der Waals surface area contributed by atoms with Gasteiger partial charge in [-0.3, -0.25) is 9.69 Å². The minimum atomic E-state index is -0.0528. The molecule has 144 valence electrons. The molecule has 0 radical (unpaired) electrons. The Morgan fingerprint density at radius 3 is 2.48 bits per heavy atom. The maximum absolute atomic E-state index is 12.5. The van der Waals surface area contributed by atoms with Crippen molar-refractivity contribution in [3.05, 3.63) is 46.2 Å². The molecule has 1 atom stereocenters. The quantitative estimate of drug-likeness (QED) is 0.803. The van der Waals surface area contributed by atoms with Crippen LogP contribution >= 0.6 is 11.6 Å². The van der Waals surface area contributed by atoms with Gasteiger partial charge in [-0.2, -0.15) is 0 Å². The van der Waals surface area contributed by atoms with Crippen LogP contribution in [0.4, 0.5) is 0 Å². The molecule has 7 heteroatoms. The number of hydrogen-bond donors (Lipinski definition) is 0. The molecule has 2 aliphatic heterocycles. The molecule has 1 aromatic carbocycles. The number of aryl methyl sites for hydroxylation is 1. The van der Waals surface area contributed by atoms with Crippen LogP contribution in [-0.4, -0.2) is 52.2 Å². The number of likely N-dealkylation sites (tertiary alicyclic amines) is 2. The first kappa shape index (κ1) is 18.4. The Bertz CT molecular complexity index is 784. The Hall–Kier alpha value is -1.92. The zero-order valence-corrected chi connectivity index (χ0v) is 16.4. The summed E-state index contributed by atoms with van der Waals surface area (Å²) in [5.41, 5.74) is 2.23. The van der Waals surface area contributed by atoms with E-state index in [2.05, 4.69) is 32.0 Å². The monoisotopic (exact) mass is 388 g/mol. The fourth-order valence-corrected chi connectivity index (χ4v) is 4.51. The molecule has 3 heterocycles. The van der Waals surface area contributed by atoms with Crippen molar-refractivity contribution >= 4 is 17.5 Å². The van der Waals surface area contributed by atoms with Gasteiger partial charge in [0, 0.05) is 31.2 Å². The van der Waals surface area contributed by atoms with Gasteiger partial charge in [0.15, 0.2) is 5.69 Å². The second-order valence-electron chi connectivity index (χ2n) is 7.74. The highest BCUT2D eigenvalue weighted by Gasteiger charge is 2.34. The van der Waals surface area contributed by atoms with Crippen LogP contribution < -0.4 is 0 Å². The number of rotatable bonds is 4. The zero-order chi connectivity index (χ0) is 18.8. The summed E-state index contributed by atoms with van der Waals surface area (Å²) in [6.07, 6.45) is 3.38. The Morgan fingerprint density at radius 1 is 1.11 bits per heavy atom. The molecular weight excluding hydrogens is 364 g/mol. The van der Waals surface area contributed by atoms with E-state index >= 15 is 0 Å². The minimum absolute atomic E-state index is 0.0528. The number of hydrogen-bond acceptors (Lipinski definition) is 5. The number of carbonyl (C=O) groups is 1. The second-order valence-corrected chi connectivity index (χ2v) is 8.17. The molecule has 2 aliphatic rings. The van der Waals surface area contributed by atoms with Crippen LogP contribution in [0.2, 0.25) is 5.02 Å². The van der Waals surface area contributed by atoms with Crippen molar-refractivity contribution < 1.29 is 9.42 Å². The van der Waals surface area contributed by atoms with Gasteiger partial charge in [0.25, 0.3) is 5.91 Å². The smallest absolute Gasteiger partial charge is 0.278 e. The Labute approximate surface area is 164 Å². The van der Waals surface area contributed by atoms with Crippen molar-refractivity contribution in [1.82, 2.24) is 20.1 Å².